The summed E-state index contributed by atoms with van der Waals surface area (Å²) in [4.78, 5) is 20.2. The predicted molar refractivity (Wildman–Crippen MR) is 85.4 cm³/mol. The third-order valence-corrected chi connectivity index (χ3v) is 3.21. The Labute approximate surface area is 129 Å². The lowest BCUT2D eigenvalue weighted by atomic mass is 10.1. The highest BCUT2D eigenvalue weighted by Crippen LogP contribution is 2.22. The molecule has 1 heterocycles. The highest BCUT2D eigenvalue weighted by molar-refractivity contribution is 5.92. The Hall–Kier alpha value is -2.47. The van der Waals surface area contributed by atoms with Crippen molar-refractivity contribution in [2.75, 3.05) is 25.6 Å². The summed E-state index contributed by atoms with van der Waals surface area (Å²) in [6, 6.07) is 6.07. The number of anilines is 2. The molecule has 6 nitrogen and oxygen atoms in total. The summed E-state index contributed by atoms with van der Waals surface area (Å²) in [5, 5.41) is 5.93. The number of rotatable bonds is 6. The minimum absolute atomic E-state index is 0.261. The van der Waals surface area contributed by atoms with Gasteiger partial charge in [-0.25, -0.2) is 9.97 Å². The highest BCUT2D eigenvalue weighted by atomic mass is 16.5. The van der Waals surface area contributed by atoms with Crippen molar-refractivity contribution in [1.29, 1.82) is 0 Å². The molecule has 0 bridgehead atoms. The van der Waals surface area contributed by atoms with E-state index in [0.29, 0.717) is 19.0 Å². The molecule has 22 heavy (non-hydrogen) atoms. The van der Waals surface area contributed by atoms with Gasteiger partial charge in [-0.15, -0.1) is 0 Å². The van der Waals surface area contributed by atoms with Crippen LogP contribution in [0.3, 0.4) is 0 Å². The van der Waals surface area contributed by atoms with Gasteiger partial charge in [0, 0.05) is 19.3 Å². The van der Waals surface area contributed by atoms with Crippen molar-refractivity contribution in [3.8, 4) is 0 Å². The standard InChI is InChI=1S/C16H20N4O2/c1-11-5-4-6-12(2)15(11)20-14-10-18-13(9-19-14)16(21)17-7-8-22-3/h4-6,9-10H,7-8H2,1-3H3,(H,17,21)(H,19,20). The van der Waals surface area contributed by atoms with Crippen molar-refractivity contribution in [2.45, 2.75) is 13.8 Å². The summed E-state index contributed by atoms with van der Waals surface area (Å²) in [6.45, 7) is 4.96. The Morgan fingerprint density at radius 3 is 2.50 bits per heavy atom. The summed E-state index contributed by atoms with van der Waals surface area (Å²) in [5.41, 5.74) is 3.55. The van der Waals surface area contributed by atoms with Gasteiger partial charge in [0.15, 0.2) is 0 Å². The number of nitrogens with one attached hydrogen (secondary N) is 2. The molecule has 2 N–H and O–H groups in total. The van der Waals surface area contributed by atoms with Crippen LogP contribution in [0.15, 0.2) is 30.6 Å². The lowest BCUT2D eigenvalue weighted by molar-refractivity contribution is 0.0932. The molecule has 2 rings (SSSR count). The maximum atomic E-state index is 11.8. The third kappa shape index (κ3) is 4.02. The number of nitrogens with zero attached hydrogens (tertiary/aromatic N) is 2. The van der Waals surface area contributed by atoms with Gasteiger partial charge < -0.3 is 15.4 Å². The summed E-state index contributed by atoms with van der Waals surface area (Å²) in [6.07, 6.45) is 3.01. The largest absolute Gasteiger partial charge is 0.383 e. The van der Waals surface area contributed by atoms with Crippen LogP contribution in [0.1, 0.15) is 21.6 Å². The average molecular weight is 300 g/mol. The van der Waals surface area contributed by atoms with Crippen molar-refractivity contribution in [2.24, 2.45) is 0 Å². The van der Waals surface area contributed by atoms with E-state index >= 15 is 0 Å². The van der Waals surface area contributed by atoms with Crippen LogP contribution in [-0.2, 0) is 4.74 Å². The van der Waals surface area contributed by atoms with E-state index < -0.39 is 0 Å². The monoisotopic (exact) mass is 300 g/mol. The highest BCUT2D eigenvalue weighted by Gasteiger charge is 2.08. The SMILES string of the molecule is COCCNC(=O)c1cnc(Nc2c(C)cccc2C)cn1. The number of benzene rings is 1. The zero-order valence-electron chi connectivity index (χ0n) is 13.0. The van der Waals surface area contributed by atoms with E-state index in [1.807, 2.05) is 32.0 Å². The number of hydrogen-bond donors (Lipinski definition) is 2. The Bertz CT molecular complexity index is 621. The molecule has 2 aromatic rings. The van der Waals surface area contributed by atoms with Gasteiger partial charge in [-0.2, -0.15) is 0 Å². The van der Waals surface area contributed by atoms with E-state index in [-0.39, 0.29) is 11.6 Å². The van der Waals surface area contributed by atoms with Crippen molar-refractivity contribution in [3.63, 3.8) is 0 Å². The van der Waals surface area contributed by atoms with Crippen LogP contribution in [0, 0.1) is 13.8 Å². The number of carbonyl (C=O) groups is 1. The van der Waals surface area contributed by atoms with Crippen molar-refractivity contribution in [3.05, 3.63) is 47.4 Å². The molecule has 116 valence electrons. The summed E-state index contributed by atoms with van der Waals surface area (Å²) >= 11 is 0. The van der Waals surface area contributed by atoms with E-state index in [2.05, 4.69) is 20.6 Å². The number of amides is 1. The molecule has 0 radical (unpaired) electrons. The van der Waals surface area contributed by atoms with E-state index in [1.54, 1.807) is 13.3 Å². The zero-order chi connectivity index (χ0) is 15.9. The van der Waals surface area contributed by atoms with Crippen molar-refractivity contribution in [1.82, 2.24) is 15.3 Å². The normalized spacial score (nSPS) is 10.3. The fourth-order valence-corrected chi connectivity index (χ4v) is 2.01. The van der Waals surface area contributed by atoms with E-state index in [1.165, 1.54) is 6.20 Å². The van der Waals surface area contributed by atoms with Gasteiger partial charge in [-0.05, 0) is 25.0 Å². The second kappa shape index (κ2) is 7.51. The lowest BCUT2D eigenvalue weighted by Crippen LogP contribution is -2.27. The van der Waals surface area contributed by atoms with Crippen LogP contribution in [0.4, 0.5) is 11.5 Å². The van der Waals surface area contributed by atoms with Crippen LogP contribution in [0.25, 0.3) is 0 Å². The Morgan fingerprint density at radius 2 is 1.91 bits per heavy atom. The molecular weight excluding hydrogens is 280 g/mol. The van der Waals surface area contributed by atoms with Gasteiger partial charge in [-0.1, -0.05) is 18.2 Å². The van der Waals surface area contributed by atoms with Crippen molar-refractivity contribution < 1.29 is 9.53 Å². The van der Waals surface area contributed by atoms with Crippen LogP contribution in [0.5, 0.6) is 0 Å². The maximum Gasteiger partial charge on any atom is 0.271 e. The predicted octanol–water partition coefficient (Wildman–Crippen LogP) is 2.21. The summed E-state index contributed by atoms with van der Waals surface area (Å²) in [5.74, 6) is 0.342. The zero-order valence-corrected chi connectivity index (χ0v) is 13.0. The lowest BCUT2D eigenvalue weighted by Gasteiger charge is -2.11. The van der Waals surface area contributed by atoms with Gasteiger partial charge in [0.1, 0.15) is 11.5 Å². The third-order valence-electron chi connectivity index (χ3n) is 3.21. The fourth-order valence-electron chi connectivity index (χ4n) is 2.01. The van der Waals surface area contributed by atoms with Gasteiger partial charge in [0.25, 0.3) is 5.91 Å². The van der Waals surface area contributed by atoms with E-state index in [4.69, 9.17) is 4.74 Å². The van der Waals surface area contributed by atoms with Crippen LogP contribution in [0.2, 0.25) is 0 Å². The minimum atomic E-state index is -0.261. The molecule has 0 unspecified atom stereocenters. The van der Waals surface area contributed by atoms with Crippen molar-refractivity contribution >= 4 is 17.4 Å². The first-order chi connectivity index (χ1) is 10.6. The number of ether oxygens (including phenoxy) is 1. The molecule has 0 aliphatic rings. The summed E-state index contributed by atoms with van der Waals surface area (Å²) < 4.78 is 4.88. The second-order valence-electron chi connectivity index (χ2n) is 4.93. The number of aryl methyl sites for hydroxylation is 2. The molecule has 1 aromatic carbocycles. The fraction of sp³-hybridized carbons (Fsp3) is 0.312. The Morgan fingerprint density at radius 1 is 1.18 bits per heavy atom. The van der Waals surface area contributed by atoms with Gasteiger partial charge in [0.05, 0.1) is 19.0 Å². The number of methoxy groups -OCH3 is 1. The van der Waals surface area contributed by atoms with E-state index in [9.17, 15) is 4.79 Å². The second-order valence-corrected chi connectivity index (χ2v) is 4.93. The Kier molecular flexibility index (Phi) is 5.43. The van der Waals surface area contributed by atoms with Gasteiger partial charge in [0.2, 0.25) is 0 Å². The van der Waals surface area contributed by atoms with Gasteiger partial charge in [-0.3, -0.25) is 4.79 Å². The molecule has 6 heteroatoms. The summed E-state index contributed by atoms with van der Waals surface area (Å²) in [7, 11) is 1.58. The number of aromatic nitrogens is 2. The molecule has 1 aromatic heterocycles. The molecule has 0 atom stereocenters. The Balaban J connectivity index is 2.04. The molecular formula is C16H20N4O2. The van der Waals surface area contributed by atoms with Crippen LogP contribution in [-0.4, -0.2) is 36.1 Å². The maximum absolute atomic E-state index is 11.8. The average Bonchev–Trinajstić information content (AvgIpc) is 2.52. The smallest absolute Gasteiger partial charge is 0.271 e. The quantitative estimate of drug-likeness (QED) is 0.800. The molecule has 0 fully saturated rings. The van der Waals surface area contributed by atoms with Gasteiger partial charge >= 0.3 is 0 Å². The first kappa shape index (κ1) is 15.9. The molecule has 0 aliphatic heterocycles. The molecule has 0 aliphatic carbocycles. The molecule has 0 saturated carbocycles. The molecule has 1 amide bonds. The minimum Gasteiger partial charge on any atom is -0.383 e. The topological polar surface area (TPSA) is 76.1 Å². The number of hydrogen-bond acceptors (Lipinski definition) is 5. The van der Waals surface area contributed by atoms with E-state index in [0.717, 1.165) is 16.8 Å². The number of carbonyl (C=O) groups excluding carboxylic acids is 1. The number of para-hydroxylation sites is 1. The molecule has 0 saturated heterocycles. The molecule has 0 spiro atoms. The van der Waals surface area contributed by atoms with Crippen LogP contribution < -0.4 is 10.6 Å². The van der Waals surface area contributed by atoms with Crippen LogP contribution >= 0.6 is 0 Å². The first-order valence-corrected chi connectivity index (χ1v) is 7.04. The first-order valence-electron chi connectivity index (χ1n) is 7.04.